The van der Waals surface area contributed by atoms with Crippen LogP contribution in [0.25, 0.3) is 16.7 Å². The third-order valence-electron chi connectivity index (χ3n) is 3.75. The number of aryl methyl sites for hydroxylation is 1. The van der Waals surface area contributed by atoms with Gasteiger partial charge in [0.2, 0.25) is 5.95 Å². The summed E-state index contributed by atoms with van der Waals surface area (Å²) in [4.78, 5) is 13.2. The van der Waals surface area contributed by atoms with Gasteiger partial charge in [-0.2, -0.15) is 4.98 Å². The van der Waals surface area contributed by atoms with Gasteiger partial charge in [0.1, 0.15) is 11.3 Å². The van der Waals surface area contributed by atoms with Crippen LogP contribution in [0.5, 0.6) is 0 Å². The van der Waals surface area contributed by atoms with Crippen LogP contribution in [0.15, 0.2) is 49.2 Å². The van der Waals surface area contributed by atoms with Gasteiger partial charge >= 0.3 is 0 Å². The Kier molecular flexibility index (Phi) is 3.39. The van der Waals surface area contributed by atoms with E-state index in [1.54, 1.807) is 6.20 Å². The number of nitrogens with two attached hydrogens (primary N) is 1. The average molecular weight is 307 g/mol. The van der Waals surface area contributed by atoms with Crippen LogP contribution in [-0.4, -0.2) is 30.5 Å². The molecule has 0 unspecified atom stereocenters. The molecule has 4 heterocycles. The first-order valence-electron chi connectivity index (χ1n) is 7.55. The molecule has 0 fully saturated rings. The molecule has 4 aromatic heterocycles. The number of fused-ring (bicyclic) bond motifs is 2. The van der Waals surface area contributed by atoms with Crippen molar-refractivity contribution in [3.63, 3.8) is 0 Å². The van der Waals surface area contributed by atoms with Crippen LogP contribution in [0.3, 0.4) is 0 Å². The highest BCUT2D eigenvalue weighted by atomic mass is 15.1. The lowest BCUT2D eigenvalue weighted by molar-refractivity contribution is 0.666. The van der Waals surface area contributed by atoms with E-state index < -0.39 is 0 Å². The molecule has 7 heteroatoms. The summed E-state index contributed by atoms with van der Waals surface area (Å²) in [5.74, 6) is 0.574. The van der Waals surface area contributed by atoms with Crippen molar-refractivity contribution < 1.29 is 0 Å². The second-order valence-electron chi connectivity index (χ2n) is 5.36. The molecule has 3 N–H and O–H groups in total. The van der Waals surface area contributed by atoms with Crippen LogP contribution in [0.4, 0.5) is 11.6 Å². The summed E-state index contributed by atoms with van der Waals surface area (Å²) in [6.45, 7) is 1.53. The Hall–Kier alpha value is -2.93. The third kappa shape index (κ3) is 2.62. The number of anilines is 2. The van der Waals surface area contributed by atoms with Crippen molar-refractivity contribution in [1.82, 2.24) is 23.9 Å². The molecule has 116 valence electrons. The van der Waals surface area contributed by atoms with Gasteiger partial charge < -0.3 is 20.0 Å². The van der Waals surface area contributed by atoms with Crippen molar-refractivity contribution in [1.29, 1.82) is 0 Å². The Labute approximate surface area is 132 Å². The minimum atomic E-state index is 0.574. The van der Waals surface area contributed by atoms with Gasteiger partial charge in [-0.1, -0.05) is 0 Å². The fourth-order valence-electron chi connectivity index (χ4n) is 2.60. The van der Waals surface area contributed by atoms with Gasteiger partial charge in [0.05, 0.1) is 5.69 Å². The Morgan fingerprint density at radius 3 is 3.00 bits per heavy atom. The smallest absolute Gasteiger partial charge is 0.229 e. The molecular weight excluding hydrogens is 290 g/mol. The lowest BCUT2D eigenvalue weighted by atomic mass is 10.4. The van der Waals surface area contributed by atoms with Crippen molar-refractivity contribution >= 4 is 28.3 Å². The zero-order chi connectivity index (χ0) is 15.6. The first kappa shape index (κ1) is 13.7. The lowest BCUT2D eigenvalue weighted by Gasteiger charge is -2.07. The number of aromatic nitrogens is 5. The molecule has 0 radical (unpaired) electrons. The molecule has 0 saturated carbocycles. The van der Waals surface area contributed by atoms with Crippen molar-refractivity contribution in [3.8, 4) is 0 Å². The topological polar surface area (TPSA) is 86.1 Å². The van der Waals surface area contributed by atoms with Crippen molar-refractivity contribution in [2.45, 2.75) is 13.0 Å². The van der Waals surface area contributed by atoms with Crippen LogP contribution in [-0.2, 0) is 6.54 Å². The second kappa shape index (κ2) is 5.69. The molecule has 0 aliphatic rings. The first-order chi connectivity index (χ1) is 11.3. The fraction of sp³-hybridized carbons (Fsp3) is 0.188. The predicted molar refractivity (Wildman–Crippen MR) is 89.7 cm³/mol. The average Bonchev–Trinajstić information content (AvgIpc) is 3.19. The molecule has 0 aliphatic heterocycles. The highest BCUT2D eigenvalue weighted by Crippen LogP contribution is 2.18. The molecule has 7 nitrogen and oxygen atoms in total. The van der Waals surface area contributed by atoms with Crippen LogP contribution in [0.2, 0.25) is 0 Å². The maximum absolute atomic E-state index is 5.59. The number of hydrogen-bond donors (Lipinski definition) is 2. The molecule has 0 amide bonds. The molecule has 23 heavy (non-hydrogen) atoms. The number of pyridine rings is 1. The highest BCUT2D eigenvalue weighted by Gasteiger charge is 2.06. The molecule has 4 rings (SSSR count). The normalized spacial score (nSPS) is 11.3. The number of hydrogen-bond acceptors (Lipinski definition) is 5. The third-order valence-corrected chi connectivity index (χ3v) is 3.75. The molecule has 4 aromatic rings. The number of rotatable bonds is 5. The summed E-state index contributed by atoms with van der Waals surface area (Å²) in [6, 6.07) is 5.93. The van der Waals surface area contributed by atoms with Crippen LogP contribution in [0.1, 0.15) is 6.42 Å². The highest BCUT2D eigenvalue weighted by molar-refractivity contribution is 5.76. The molecule has 0 aliphatic carbocycles. The minimum Gasteiger partial charge on any atom is -0.332 e. The van der Waals surface area contributed by atoms with Gasteiger partial charge in [0.15, 0.2) is 0 Å². The zero-order valence-corrected chi connectivity index (χ0v) is 12.6. The van der Waals surface area contributed by atoms with Crippen molar-refractivity contribution in [3.05, 3.63) is 49.2 Å². The molecule has 0 spiro atoms. The number of imidazole rings is 1. The standard InChI is InChI=1S/C16H17N7/c17-5-1-7-22-8-4-12-10-19-16(21-15(12)22)20-13-2-3-14-18-6-9-23(14)11-13/h2-4,6,8-11H,1,5,7,17H2,(H,19,20,21). The van der Waals surface area contributed by atoms with Crippen molar-refractivity contribution in [2.24, 2.45) is 5.73 Å². The maximum atomic E-state index is 5.59. The van der Waals surface area contributed by atoms with Gasteiger partial charge in [-0.25, -0.2) is 9.97 Å². The van der Waals surface area contributed by atoms with Gasteiger partial charge in [-0.05, 0) is 31.2 Å². The van der Waals surface area contributed by atoms with Gasteiger partial charge in [0, 0.05) is 42.9 Å². The van der Waals surface area contributed by atoms with E-state index in [-0.39, 0.29) is 0 Å². The molecular formula is C16H17N7. The Morgan fingerprint density at radius 2 is 2.09 bits per heavy atom. The quantitative estimate of drug-likeness (QED) is 0.590. The van der Waals surface area contributed by atoms with E-state index in [1.165, 1.54) is 0 Å². The van der Waals surface area contributed by atoms with E-state index in [2.05, 4.69) is 24.8 Å². The molecule has 0 bridgehead atoms. The fourth-order valence-corrected chi connectivity index (χ4v) is 2.60. The van der Waals surface area contributed by atoms with E-state index in [1.807, 2.05) is 47.4 Å². The molecule has 0 atom stereocenters. The van der Waals surface area contributed by atoms with Crippen LogP contribution >= 0.6 is 0 Å². The first-order valence-corrected chi connectivity index (χ1v) is 7.55. The Balaban J connectivity index is 1.65. The Bertz CT molecular complexity index is 953. The summed E-state index contributed by atoms with van der Waals surface area (Å²) in [6.07, 6.45) is 10.4. The SMILES string of the molecule is NCCCn1ccc2cnc(Nc3ccc4nccn4c3)nc21. The van der Waals surface area contributed by atoms with E-state index in [0.717, 1.165) is 35.3 Å². The summed E-state index contributed by atoms with van der Waals surface area (Å²) in [7, 11) is 0. The van der Waals surface area contributed by atoms with E-state index in [4.69, 9.17) is 5.73 Å². The van der Waals surface area contributed by atoms with E-state index >= 15 is 0 Å². The van der Waals surface area contributed by atoms with Crippen LogP contribution in [0, 0.1) is 0 Å². The summed E-state index contributed by atoms with van der Waals surface area (Å²) >= 11 is 0. The zero-order valence-electron chi connectivity index (χ0n) is 12.6. The van der Waals surface area contributed by atoms with Gasteiger partial charge in [0.25, 0.3) is 0 Å². The maximum Gasteiger partial charge on any atom is 0.229 e. The van der Waals surface area contributed by atoms with E-state index in [0.29, 0.717) is 12.5 Å². The minimum absolute atomic E-state index is 0.574. The van der Waals surface area contributed by atoms with Gasteiger partial charge in [-0.15, -0.1) is 0 Å². The van der Waals surface area contributed by atoms with Gasteiger partial charge in [-0.3, -0.25) is 0 Å². The summed E-state index contributed by atoms with van der Waals surface area (Å²) < 4.78 is 4.05. The lowest BCUT2D eigenvalue weighted by Crippen LogP contribution is -2.06. The van der Waals surface area contributed by atoms with E-state index in [9.17, 15) is 0 Å². The Morgan fingerprint density at radius 1 is 1.13 bits per heavy atom. The predicted octanol–water partition coefficient (Wildman–Crippen LogP) is 2.17. The monoisotopic (exact) mass is 307 g/mol. The summed E-state index contributed by atoms with van der Waals surface area (Å²) in [5.41, 5.74) is 8.33. The largest absolute Gasteiger partial charge is 0.332 e. The van der Waals surface area contributed by atoms with Crippen molar-refractivity contribution in [2.75, 3.05) is 11.9 Å². The summed E-state index contributed by atoms with van der Waals surface area (Å²) in [5, 5.41) is 4.27. The second-order valence-corrected chi connectivity index (χ2v) is 5.36. The number of nitrogens with zero attached hydrogens (tertiary/aromatic N) is 5. The molecule has 0 aromatic carbocycles. The number of nitrogens with one attached hydrogen (secondary N) is 1. The molecule has 0 saturated heterocycles. The van der Waals surface area contributed by atoms with Crippen LogP contribution < -0.4 is 11.1 Å².